The van der Waals surface area contributed by atoms with E-state index in [9.17, 15) is 19.2 Å². The van der Waals surface area contributed by atoms with Crippen LogP contribution in [0.5, 0.6) is 0 Å². The van der Waals surface area contributed by atoms with Crippen LogP contribution in [0.15, 0.2) is 0 Å². The van der Waals surface area contributed by atoms with Gasteiger partial charge in [-0.1, -0.05) is 90.4 Å². The smallest absolute Gasteiger partial charge is 0.303 e. The van der Waals surface area contributed by atoms with E-state index in [0.717, 1.165) is 19.3 Å². The van der Waals surface area contributed by atoms with Gasteiger partial charge in [0.1, 0.15) is 18.8 Å². The third kappa shape index (κ3) is 16.2. The molecule has 0 bridgehead atoms. The fourth-order valence-electron chi connectivity index (χ4n) is 4.93. The Bertz CT molecular complexity index is 745. The highest BCUT2D eigenvalue weighted by Gasteiger charge is 2.51. The van der Waals surface area contributed by atoms with E-state index in [1.54, 1.807) is 0 Å². The van der Waals surface area contributed by atoms with Gasteiger partial charge in [0.15, 0.2) is 18.5 Å². The maximum absolute atomic E-state index is 12.0. The average molecular weight is 572 g/mol. The van der Waals surface area contributed by atoms with Gasteiger partial charge in [-0.05, 0) is 6.42 Å². The van der Waals surface area contributed by atoms with Gasteiger partial charge in [0.05, 0.1) is 0 Å². The first-order chi connectivity index (χ1) is 19.1. The Balaban J connectivity index is 2.55. The highest BCUT2D eigenvalue weighted by atomic mass is 16.7. The van der Waals surface area contributed by atoms with Gasteiger partial charge < -0.3 is 29.0 Å². The lowest BCUT2D eigenvalue weighted by atomic mass is 9.96. The van der Waals surface area contributed by atoms with E-state index >= 15 is 0 Å². The van der Waals surface area contributed by atoms with Crippen molar-refractivity contribution < 1.29 is 42.9 Å². The molecule has 10 nitrogen and oxygen atoms in total. The number of ether oxygens (including phenoxy) is 5. The molecular weight excluding hydrogens is 518 g/mol. The lowest BCUT2D eigenvalue weighted by molar-refractivity contribution is -0.277. The average Bonchev–Trinajstić information content (AvgIpc) is 2.87. The van der Waals surface area contributed by atoms with Crippen molar-refractivity contribution in [3.8, 4) is 0 Å². The van der Waals surface area contributed by atoms with Crippen LogP contribution in [-0.2, 0) is 42.9 Å². The first-order valence-corrected chi connectivity index (χ1v) is 15.2. The normalized spacial score (nSPS) is 22.4. The Morgan fingerprint density at radius 3 is 1.57 bits per heavy atom. The van der Waals surface area contributed by atoms with E-state index in [-0.39, 0.29) is 6.61 Å². The number of amides is 1. The lowest BCUT2D eigenvalue weighted by Crippen LogP contribution is -2.66. The quantitative estimate of drug-likeness (QED) is 0.113. The maximum atomic E-state index is 12.0. The van der Waals surface area contributed by atoms with Crippen LogP contribution in [0.1, 0.15) is 125 Å². The minimum atomic E-state index is -1.11. The summed E-state index contributed by atoms with van der Waals surface area (Å²) in [5.41, 5.74) is 0. The highest BCUT2D eigenvalue weighted by Crippen LogP contribution is 2.28. The van der Waals surface area contributed by atoms with Crippen LogP contribution < -0.4 is 5.32 Å². The van der Waals surface area contributed by atoms with E-state index in [0.29, 0.717) is 6.61 Å². The molecule has 10 heteroatoms. The van der Waals surface area contributed by atoms with Crippen LogP contribution in [0, 0.1) is 0 Å². The summed E-state index contributed by atoms with van der Waals surface area (Å²) in [5.74, 6) is -2.20. The summed E-state index contributed by atoms with van der Waals surface area (Å²) in [6.45, 7) is 7.37. The second-order valence-electron chi connectivity index (χ2n) is 10.7. The maximum Gasteiger partial charge on any atom is 0.303 e. The molecule has 1 aliphatic heterocycles. The largest absolute Gasteiger partial charge is 0.463 e. The molecule has 0 aromatic rings. The molecule has 0 unspecified atom stereocenters. The van der Waals surface area contributed by atoms with Crippen LogP contribution in [-0.4, -0.2) is 67.7 Å². The molecule has 0 spiro atoms. The molecule has 1 fully saturated rings. The molecule has 1 heterocycles. The van der Waals surface area contributed by atoms with E-state index in [1.807, 2.05) is 0 Å². The summed E-state index contributed by atoms with van der Waals surface area (Å²) in [4.78, 5) is 47.2. The molecule has 1 aliphatic rings. The first kappa shape index (κ1) is 35.8. The van der Waals surface area contributed by atoms with Crippen molar-refractivity contribution in [3.05, 3.63) is 0 Å². The second-order valence-corrected chi connectivity index (χ2v) is 10.7. The molecule has 0 aromatic carbocycles. The summed E-state index contributed by atoms with van der Waals surface area (Å²) in [6, 6.07) is -0.925. The molecule has 1 saturated heterocycles. The summed E-state index contributed by atoms with van der Waals surface area (Å²) >= 11 is 0. The van der Waals surface area contributed by atoms with Gasteiger partial charge in [-0.25, -0.2) is 0 Å². The summed E-state index contributed by atoms with van der Waals surface area (Å²) in [5, 5.41) is 2.71. The number of nitrogens with one attached hydrogen (secondary N) is 1. The molecular formula is C30H53NO9. The van der Waals surface area contributed by atoms with Crippen LogP contribution in [0.2, 0.25) is 0 Å². The molecule has 0 aromatic heterocycles. The molecule has 0 radical (unpaired) electrons. The second kappa shape index (κ2) is 21.5. The number of rotatable bonds is 21. The minimum absolute atomic E-state index is 0.240. The predicted octanol–water partition coefficient (Wildman–Crippen LogP) is 5.14. The Kier molecular flexibility index (Phi) is 19.3. The fourth-order valence-corrected chi connectivity index (χ4v) is 4.93. The van der Waals surface area contributed by atoms with Crippen LogP contribution in [0.3, 0.4) is 0 Å². The van der Waals surface area contributed by atoms with Crippen molar-refractivity contribution in [2.45, 2.75) is 155 Å². The van der Waals surface area contributed by atoms with Gasteiger partial charge in [-0.15, -0.1) is 0 Å². The van der Waals surface area contributed by atoms with Gasteiger partial charge >= 0.3 is 17.9 Å². The number of carbonyl (C=O) groups excluding carboxylic acids is 4. The van der Waals surface area contributed by atoms with Crippen LogP contribution in [0.25, 0.3) is 0 Å². The third-order valence-electron chi connectivity index (χ3n) is 6.85. The Hall–Kier alpha value is -2.20. The van der Waals surface area contributed by atoms with E-state index in [4.69, 9.17) is 23.7 Å². The summed E-state index contributed by atoms with van der Waals surface area (Å²) in [6.07, 6.45) is 13.2. The van der Waals surface area contributed by atoms with Gasteiger partial charge in [0.2, 0.25) is 5.91 Å². The zero-order chi connectivity index (χ0) is 29.8. The van der Waals surface area contributed by atoms with E-state index in [2.05, 4.69) is 12.2 Å². The lowest BCUT2D eigenvalue weighted by Gasteiger charge is -2.44. The van der Waals surface area contributed by atoms with Crippen molar-refractivity contribution in [3.63, 3.8) is 0 Å². The monoisotopic (exact) mass is 571 g/mol. The zero-order valence-electron chi connectivity index (χ0n) is 25.4. The minimum Gasteiger partial charge on any atom is -0.463 e. The topological polar surface area (TPSA) is 126 Å². The SMILES string of the molecule is CCCCCCCCCCCCCCCCO[C@@H]1O[C@H](COC(C)=O)[C@H](OC(C)=O)[C@@H](OC(C)=O)[C@H]1NC(C)=O. The third-order valence-corrected chi connectivity index (χ3v) is 6.85. The molecule has 1 amide bonds. The number of esters is 3. The first-order valence-electron chi connectivity index (χ1n) is 15.2. The number of carbonyl (C=O) groups is 4. The van der Waals surface area contributed by atoms with Crippen molar-refractivity contribution in [1.29, 1.82) is 0 Å². The number of unbranched alkanes of at least 4 members (excludes halogenated alkanes) is 13. The van der Waals surface area contributed by atoms with Crippen molar-refractivity contribution in [2.75, 3.05) is 13.2 Å². The van der Waals surface area contributed by atoms with Crippen molar-refractivity contribution in [2.24, 2.45) is 0 Å². The zero-order valence-corrected chi connectivity index (χ0v) is 25.4. The molecule has 232 valence electrons. The van der Waals surface area contributed by atoms with Gasteiger partial charge in [-0.2, -0.15) is 0 Å². The van der Waals surface area contributed by atoms with Crippen LogP contribution in [0.4, 0.5) is 0 Å². The molecule has 1 N–H and O–H groups in total. The van der Waals surface area contributed by atoms with E-state index in [1.165, 1.54) is 98.3 Å². The summed E-state index contributed by atoms with van der Waals surface area (Å²) in [7, 11) is 0. The molecule has 1 rings (SSSR count). The molecule has 40 heavy (non-hydrogen) atoms. The Morgan fingerprint density at radius 2 is 1.12 bits per heavy atom. The van der Waals surface area contributed by atoms with Gasteiger partial charge in [0, 0.05) is 34.3 Å². The van der Waals surface area contributed by atoms with E-state index < -0.39 is 54.5 Å². The molecule has 0 aliphatic carbocycles. The highest BCUT2D eigenvalue weighted by molar-refractivity contribution is 5.73. The van der Waals surface area contributed by atoms with Crippen LogP contribution >= 0.6 is 0 Å². The number of hydrogen-bond acceptors (Lipinski definition) is 9. The van der Waals surface area contributed by atoms with Crippen molar-refractivity contribution >= 4 is 23.8 Å². The number of hydrogen-bond donors (Lipinski definition) is 1. The molecule has 0 saturated carbocycles. The van der Waals surface area contributed by atoms with Gasteiger partial charge in [0.25, 0.3) is 0 Å². The predicted molar refractivity (Wildman–Crippen MR) is 150 cm³/mol. The van der Waals surface area contributed by atoms with Crippen molar-refractivity contribution in [1.82, 2.24) is 5.32 Å². The standard InChI is InChI=1S/C30H53NO9/c1-6-7-8-9-10-11-12-13-14-15-16-17-18-19-20-36-30-27(31-22(2)32)29(39-25(5)35)28(38-24(4)34)26(40-30)21-37-23(3)33/h26-30H,6-21H2,1-5H3,(H,31,32)/t26-,27-,28+,29+,30-/m1/s1. The van der Waals surface area contributed by atoms with Gasteiger partial charge in [-0.3, -0.25) is 19.2 Å². The molecule has 5 atom stereocenters. The Morgan fingerprint density at radius 1 is 0.650 bits per heavy atom. The Labute approximate surface area is 240 Å². The summed E-state index contributed by atoms with van der Waals surface area (Å²) < 4.78 is 28.0. The fraction of sp³-hybridized carbons (Fsp3) is 0.867.